The molecule has 0 bridgehead atoms. The van der Waals surface area contributed by atoms with Crippen LogP contribution in [0.25, 0.3) is 0 Å². The topological polar surface area (TPSA) is 88.3 Å². The number of nitrogens with one attached hydrogen (secondary N) is 2. The number of ether oxygens (including phenoxy) is 1. The van der Waals surface area contributed by atoms with Crippen molar-refractivity contribution in [2.24, 2.45) is 5.92 Å². The molecular formula is C23H30N2O4. The number of aromatic nitrogens is 1. The number of Topliss-reactive ketones (excluding diaryl/α,β-unsaturated/α-hetero) is 1. The van der Waals surface area contributed by atoms with E-state index in [-0.39, 0.29) is 36.0 Å². The van der Waals surface area contributed by atoms with Crippen molar-refractivity contribution >= 4 is 17.7 Å². The minimum atomic E-state index is -0.651. The number of amides is 1. The largest absolute Gasteiger partial charge is 0.451 e. The smallest absolute Gasteiger partial charge is 0.355 e. The van der Waals surface area contributed by atoms with Gasteiger partial charge in [0, 0.05) is 11.3 Å². The average Bonchev–Trinajstić information content (AvgIpc) is 2.98. The van der Waals surface area contributed by atoms with Crippen molar-refractivity contribution in [2.75, 3.05) is 6.61 Å². The normalized spacial score (nSPS) is 12.0. The second kappa shape index (κ2) is 9.54. The van der Waals surface area contributed by atoms with E-state index in [2.05, 4.69) is 29.4 Å². The molecule has 0 aliphatic rings. The van der Waals surface area contributed by atoms with Crippen LogP contribution in [0.1, 0.15) is 77.0 Å². The summed E-state index contributed by atoms with van der Waals surface area (Å²) < 4.78 is 5.18. The Labute approximate surface area is 172 Å². The van der Waals surface area contributed by atoms with Gasteiger partial charge >= 0.3 is 5.97 Å². The molecular weight excluding hydrogens is 368 g/mol. The van der Waals surface area contributed by atoms with Gasteiger partial charge in [-0.15, -0.1) is 0 Å². The monoisotopic (exact) mass is 398 g/mol. The first kappa shape index (κ1) is 22.4. The van der Waals surface area contributed by atoms with Gasteiger partial charge in [0.05, 0.1) is 6.04 Å². The van der Waals surface area contributed by atoms with Gasteiger partial charge in [-0.1, -0.05) is 45.0 Å². The first-order valence-electron chi connectivity index (χ1n) is 9.91. The first-order valence-corrected chi connectivity index (χ1v) is 9.91. The first-order chi connectivity index (χ1) is 13.6. The molecule has 1 aromatic heterocycles. The third-order valence-electron chi connectivity index (χ3n) is 5.06. The summed E-state index contributed by atoms with van der Waals surface area (Å²) in [5, 5.41) is 2.95. The fourth-order valence-corrected chi connectivity index (χ4v) is 3.50. The molecule has 0 fully saturated rings. The minimum Gasteiger partial charge on any atom is -0.451 e. The summed E-state index contributed by atoms with van der Waals surface area (Å²) >= 11 is 0. The number of hydrogen-bond acceptors (Lipinski definition) is 4. The molecule has 29 heavy (non-hydrogen) atoms. The molecule has 0 aliphatic carbocycles. The van der Waals surface area contributed by atoms with Crippen LogP contribution in [-0.2, 0) is 16.0 Å². The summed E-state index contributed by atoms with van der Waals surface area (Å²) in [6, 6.07) is 7.97. The van der Waals surface area contributed by atoms with Crippen LogP contribution in [0.5, 0.6) is 0 Å². The molecule has 2 N–H and O–H groups in total. The van der Waals surface area contributed by atoms with Gasteiger partial charge in [0.15, 0.2) is 12.4 Å². The van der Waals surface area contributed by atoms with Crippen molar-refractivity contribution < 1.29 is 19.1 Å². The number of benzene rings is 1. The van der Waals surface area contributed by atoms with E-state index in [1.807, 2.05) is 26.0 Å². The lowest BCUT2D eigenvalue weighted by Crippen LogP contribution is -2.35. The third-order valence-corrected chi connectivity index (χ3v) is 5.06. The maximum absolute atomic E-state index is 12.4. The zero-order valence-electron chi connectivity index (χ0n) is 18.0. The van der Waals surface area contributed by atoms with Gasteiger partial charge in [-0.05, 0) is 49.8 Å². The highest BCUT2D eigenvalue weighted by molar-refractivity contribution is 6.01. The SMILES string of the molecule is CCc1ccc([C@H](NC(=O)COC(=O)c2[nH]c(C)c(C(C)=O)c2C)C(C)C)cc1. The molecule has 156 valence electrons. The van der Waals surface area contributed by atoms with E-state index in [9.17, 15) is 14.4 Å². The molecule has 0 unspecified atom stereocenters. The maximum Gasteiger partial charge on any atom is 0.355 e. The van der Waals surface area contributed by atoms with Crippen molar-refractivity contribution in [3.05, 3.63) is 57.9 Å². The van der Waals surface area contributed by atoms with Crippen LogP contribution >= 0.6 is 0 Å². The van der Waals surface area contributed by atoms with Gasteiger partial charge in [-0.25, -0.2) is 4.79 Å². The molecule has 2 aromatic rings. The lowest BCUT2D eigenvalue weighted by Gasteiger charge is -2.23. The van der Waals surface area contributed by atoms with E-state index < -0.39 is 5.97 Å². The molecule has 0 aliphatic heterocycles. The van der Waals surface area contributed by atoms with Gasteiger partial charge in [0.1, 0.15) is 5.69 Å². The number of carbonyl (C=O) groups is 3. The molecule has 1 atom stereocenters. The Morgan fingerprint density at radius 2 is 1.72 bits per heavy atom. The number of carbonyl (C=O) groups excluding carboxylic acids is 3. The number of aromatic amines is 1. The molecule has 1 aromatic carbocycles. The summed E-state index contributed by atoms with van der Waals surface area (Å²) in [4.78, 5) is 39.4. The Bertz CT molecular complexity index is 894. The summed E-state index contributed by atoms with van der Waals surface area (Å²) in [5.74, 6) is -0.971. The number of aryl methyl sites for hydroxylation is 2. The molecule has 1 amide bonds. The zero-order valence-corrected chi connectivity index (χ0v) is 18.0. The standard InChI is InChI=1S/C23H30N2O4/c1-7-17-8-10-18(11-9-17)21(13(2)3)25-19(27)12-29-23(28)22-14(4)20(16(6)26)15(5)24-22/h8-11,13,21,24H,7,12H2,1-6H3,(H,25,27)/t21-/m1/s1. The molecule has 6 heteroatoms. The van der Waals surface area contributed by atoms with Crippen molar-refractivity contribution in [3.8, 4) is 0 Å². The molecule has 0 radical (unpaired) electrons. The Morgan fingerprint density at radius 1 is 1.10 bits per heavy atom. The highest BCUT2D eigenvalue weighted by Crippen LogP contribution is 2.22. The fourth-order valence-electron chi connectivity index (χ4n) is 3.50. The molecule has 6 nitrogen and oxygen atoms in total. The Hall–Kier alpha value is -2.89. The molecule has 0 spiro atoms. The average molecular weight is 399 g/mol. The number of ketones is 1. The highest BCUT2D eigenvalue weighted by Gasteiger charge is 2.23. The van der Waals surface area contributed by atoms with Crippen molar-refractivity contribution in [1.29, 1.82) is 0 Å². The van der Waals surface area contributed by atoms with Crippen LogP contribution in [0.2, 0.25) is 0 Å². The van der Waals surface area contributed by atoms with E-state index in [4.69, 9.17) is 4.74 Å². The Morgan fingerprint density at radius 3 is 2.21 bits per heavy atom. The number of H-pyrrole nitrogens is 1. The van der Waals surface area contributed by atoms with Crippen LogP contribution in [-0.4, -0.2) is 29.3 Å². The second-order valence-corrected chi connectivity index (χ2v) is 7.64. The van der Waals surface area contributed by atoms with Crippen LogP contribution < -0.4 is 5.32 Å². The summed E-state index contributed by atoms with van der Waals surface area (Å²) in [6.45, 7) is 10.6. The van der Waals surface area contributed by atoms with Gasteiger partial charge < -0.3 is 15.0 Å². The zero-order chi connectivity index (χ0) is 21.7. The summed E-state index contributed by atoms with van der Waals surface area (Å²) in [7, 11) is 0. The predicted molar refractivity (Wildman–Crippen MR) is 112 cm³/mol. The van der Waals surface area contributed by atoms with E-state index in [1.165, 1.54) is 12.5 Å². The van der Waals surface area contributed by atoms with Crippen LogP contribution in [0.3, 0.4) is 0 Å². The number of hydrogen-bond donors (Lipinski definition) is 2. The van der Waals surface area contributed by atoms with E-state index in [0.717, 1.165) is 12.0 Å². The summed E-state index contributed by atoms with van der Waals surface area (Å²) in [6.07, 6.45) is 0.956. The third kappa shape index (κ3) is 5.34. The minimum absolute atomic E-state index is 0.123. The number of esters is 1. The Balaban J connectivity index is 2.03. The predicted octanol–water partition coefficient (Wildman–Crippen LogP) is 4.07. The van der Waals surface area contributed by atoms with Crippen molar-refractivity contribution in [2.45, 2.75) is 54.0 Å². The Kier molecular flexibility index (Phi) is 7.37. The summed E-state index contributed by atoms with van der Waals surface area (Å²) in [5.41, 5.74) is 4.09. The lowest BCUT2D eigenvalue weighted by molar-refractivity contribution is -0.125. The number of rotatable bonds is 8. The van der Waals surface area contributed by atoms with Crippen LogP contribution in [0.4, 0.5) is 0 Å². The highest BCUT2D eigenvalue weighted by atomic mass is 16.5. The molecule has 0 saturated carbocycles. The maximum atomic E-state index is 12.4. The lowest BCUT2D eigenvalue weighted by atomic mass is 9.95. The van der Waals surface area contributed by atoms with E-state index >= 15 is 0 Å². The fraction of sp³-hybridized carbons (Fsp3) is 0.435. The van der Waals surface area contributed by atoms with Crippen molar-refractivity contribution in [1.82, 2.24) is 10.3 Å². The molecule has 2 rings (SSSR count). The molecule has 1 heterocycles. The van der Waals surface area contributed by atoms with Gasteiger partial charge in [-0.3, -0.25) is 9.59 Å². The van der Waals surface area contributed by atoms with Gasteiger partial charge in [-0.2, -0.15) is 0 Å². The quantitative estimate of drug-likeness (QED) is 0.518. The molecule has 0 saturated heterocycles. The van der Waals surface area contributed by atoms with E-state index in [1.54, 1.807) is 13.8 Å². The van der Waals surface area contributed by atoms with Crippen LogP contribution in [0.15, 0.2) is 24.3 Å². The van der Waals surface area contributed by atoms with Gasteiger partial charge in [0.25, 0.3) is 5.91 Å². The van der Waals surface area contributed by atoms with Crippen molar-refractivity contribution in [3.63, 3.8) is 0 Å². The van der Waals surface area contributed by atoms with Gasteiger partial charge in [0.2, 0.25) is 0 Å². The van der Waals surface area contributed by atoms with Crippen LogP contribution in [0, 0.1) is 19.8 Å². The van der Waals surface area contributed by atoms with E-state index in [0.29, 0.717) is 16.8 Å². The second-order valence-electron chi connectivity index (χ2n) is 7.64.